The van der Waals surface area contributed by atoms with Gasteiger partial charge in [-0.05, 0) is 37.9 Å². The summed E-state index contributed by atoms with van der Waals surface area (Å²) in [6, 6.07) is 7.42. The molecule has 0 radical (unpaired) electrons. The van der Waals surface area contributed by atoms with Gasteiger partial charge in [0.1, 0.15) is 0 Å². The number of hydrogen-bond acceptors (Lipinski definition) is 3. The second kappa shape index (κ2) is 5.00. The molecule has 1 aromatic carbocycles. The van der Waals surface area contributed by atoms with Gasteiger partial charge in [-0.1, -0.05) is 23.8 Å². The van der Waals surface area contributed by atoms with E-state index >= 15 is 0 Å². The van der Waals surface area contributed by atoms with Crippen LogP contribution in [0.2, 0.25) is 0 Å². The lowest BCUT2D eigenvalue weighted by Gasteiger charge is -2.34. The minimum Gasteiger partial charge on any atom is -0.304 e. The first kappa shape index (κ1) is 12.2. The average Bonchev–Trinajstić information content (AvgIpc) is 2.75. The van der Waals surface area contributed by atoms with Crippen LogP contribution in [0.4, 0.5) is 0 Å². The van der Waals surface area contributed by atoms with Crippen LogP contribution in [0.1, 0.15) is 29.2 Å². The van der Waals surface area contributed by atoms with Crippen molar-refractivity contribution in [1.82, 2.24) is 15.3 Å². The first-order valence-electron chi connectivity index (χ1n) is 7.01. The van der Waals surface area contributed by atoms with E-state index in [0.717, 1.165) is 13.1 Å². The molecule has 3 heteroatoms. The van der Waals surface area contributed by atoms with Crippen LogP contribution in [0, 0.1) is 6.92 Å². The molecule has 1 aromatic rings. The van der Waals surface area contributed by atoms with E-state index in [4.69, 9.17) is 0 Å². The van der Waals surface area contributed by atoms with Gasteiger partial charge in [0.05, 0.1) is 0 Å². The fourth-order valence-electron chi connectivity index (χ4n) is 3.01. The zero-order valence-corrected chi connectivity index (χ0v) is 11.4. The molecular formula is C15H23N3. The summed E-state index contributed by atoms with van der Waals surface area (Å²) in [5.74, 6) is 0. The molecule has 0 bridgehead atoms. The summed E-state index contributed by atoms with van der Waals surface area (Å²) in [5, 5.41) is 2.40. The van der Waals surface area contributed by atoms with Gasteiger partial charge in [0, 0.05) is 32.2 Å². The molecule has 18 heavy (non-hydrogen) atoms. The maximum atomic E-state index is 3.73. The summed E-state index contributed by atoms with van der Waals surface area (Å²) in [5.41, 5.74) is 8.16. The topological polar surface area (TPSA) is 18.5 Å². The number of benzene rings is 1. The van der Waals surface area contributed by atoms with Crippen molar-refractivity contribution in [2.24, 2.45) is 0 Å². The van der Waals surface area contributed by atoms with Crippen LogP contribution in [0.15, 0.2) is 18.2 Å². The Kier molecular flexibility index (Phi) is 3.37. The molecule has 1 aliphatic heterocycles. The lowest BCUT2D eigenvalue weighted by molar-refractivity contribution is 0.0868. The summed E-state index contributed by atoms with van der Waals surface area (Å²) < 4.78 is 0. The number of rotatable bonds is 2. The van der Waals surface area contributed by atoms with Crippen LogP contribution in [0.25, 0.3) is 0 Å². The number of nitrogens with zero attached hydrogens (tertiary/aromatic N) is 2. The Morgan fingerprint density at radius 2 is 1.94 bits per heavy atom. The molecule has 1 aliphatic carbocycles. The van der Waals surface area contributed by atoms with Crippen molar-refractivity contribution in [3.05, 3.63) is 34.9 Å². The van der Waals surface area contributed by atoms with E-state index in [0.29, 0.717) is 6.04 Å². The van der Waals surface area contributed by atoms with Gasteiger partial charge in [-0.3, -0.25) is 0 Å². The molecule has 1 saturated heterocycles. The molecule has 3 nitrogen and oxygen atoms in total. The number of fused-ring (bicyclic) bond motifs is 1. The van der Waals surface area contributed by atoms with Crippen molar-refractivity contribution in [3.8, 4) is 0 Å². The molecule has 1 atom stereocenters. The van der Waals surface area contributed by atoms with Crippen molar-refractivity contribution in [3.63, 3.8) is 0 Å². The first-order valence-corrected chi connectivity index (χ1v) is 7.01. The Morgan fingerprint density at radius 3 is 2.72 bits per heavy atom. The molecule has 0 saturated carbocycles. The van der Waals surface area contributed by atoms with E-state index in [1.807, 2.05) is 0 Å². The third-order valence-corrected chi connectivity index (χ3v) is 4.22. The van der Waals surface area contributed by atoms with Crippen molar-refractivity contribution in [2.75, 3.05) is 33.2 Å². The highest BCUT2D eigenvalue weighted by atomic mass is 15.5. The standard InChI is InChI=1S/C15H23N3/c1-12-3-4-13-5-6-15(14(13)11-12)16-18-9-7-17(2)8-10-18/h3-4,11,15-16H,5-10H2,1-2H3. The molecule has 1 unspecified atom stereocenters. The molecule has 98 valence electrons. The smallest absolute Gasteiger partial charge is 0.0470 e. The summed E-state index contributed by atoms with van der Waals surface area (Å²) in [4.78, 5) is 2.39. The van der Waals surface area contributed by atoms with Crippen molar-refractivity contribution < 1.29 is 0 Å². The van der Waals surface area contributed by atoms with Gasteiger partial charge in [0.15, 0.2) is 0 Å². The van der Waals surface area contributed by atoms with E-state index in [-0.39, 0.29) is 0 Å². The fourth-order valence-corrected chi connectivity index (χ4v) is 3.01. The SMILES string of the molecule is Cc1ccc2c(c1)C(NN1CCN(C)CC1)CC2. The summed E-state index contributed by atoms with van der Waals surface area (Å²) in [7, 11) is 2.20. The molecule has 1 heterocycles. The van der Waals surface area contributed by atoms with E-state index in [1.165, 1.54) is 42.6 Å². The minimum atomic E-state index is 0.531. The largest absolute Gasteiger partial charge is 0.304 e. The van der Waals surface area contributed by atoms with Gasteiger partial charge in [-0.2, -0.15) is 0 Å². The molecule has 3 rings (SSSR count). The first-order chi connectivity index (χ1) is 8.72. The Hall–Kier alpha value is -0.900. The lowest BCUT2D eigenvalue weighted by atomic mass is 10.1. The fraction of sp³-hybridized carbons (Fsp3) is 0.600. The summed E-state index contributed by atoms with van der Waals surface area (Å²) in [6.07, 6.45) is 2.46. The Labute approximate surface area is 110 Å². The van der Waals surface area contributed by atoms with Crippen LogP contribution in [-0.2, 0) is 6.42 Å². The van der Waals surface area contributed by atoms with Crippen molar-refractivity contribution >= 4 is 0 Å². The van der Waals surface area contributed by atoms with Gasteiger partial charge in [0.25, 0.3) is 0 Å². The second-order valence-electron chi connectivity index (χ2n) is 5.71. The minimum absolute atomic E-state index is 0.531. The number of hydrogen-bond donors (Lipinski definition) is 1. The monoisotopic (exact) mass is 245 g/mol. The van der Waals surface area contributed by atoms with Crippen LogP contribution >= 0.6 is 0 Å². The van der Waals surface area contributed by atoms with E-state index in [1.54, 1.807) is 0 Å². The van der Waals surface area contributed by atoms with Crippen LogP contribution in [0.5, 0.6) is 0 Å². The van der Waals surface area contributed by atoms with Gasteiger partial charge in [-0.15, -0.1) is 0 Å². The Morgan fingerprint density at radius 1 is 1.17 bits per heavy atom. The summed E-state index contributed by atoms with van der Waals surface area (Å²) in [6.45, 7) is 6.79. The molecule has 0 spiro atoms. The van der Waals surface area contributed by atoms with Crippen LogP contribution in [-0.4, -0.2) is 43.1 Å². The number of likely N-dealkylation sites (N-methyl/N-ethyl adjacent to an activating group) is 1. The van der Waals surface area contributed by atoms with E-state index < -0.39 is 0 Å². The van der Waals surface area contributed by atoms with Gasteiger partial charge in [-0.25, -0.2) is 10.4 Å². The zero-order valence-electron chi connectivity index (χ0n) is 11.4. The third-order valence-electron chi connectivity index (χ3n) is 4.22. The molecule has 2 aliphatic rings. The maximum absolute atomic E-state index is 3.73. The lowest BCUT2D eigenvalue weighted by Crippen LogP contribution is -2.51. The Balaban J connectivity index is 1.67. The Bertz CT molecular complexity index is 422. The molecule has 1 N–H and O–H groups in total. The zero-order chi connectivity index (χ0) is 12.5. The summed E-state index contributed by atoms with van der Waals surface area (Å²) >= 11 is 0. The number of piperazine rings is 1. The number of hydrazine groups is 1. The van der Waals surface area contributed by atoms with E-state index in [9.17, 15) is 0 Å². The quantitative estimate of drug-likeness (QED) is 0.856. The van der Waals surface area contributed by atoms with Gasteiger partial charge < -0.3 is 4.90 Å². The second-order valence-corrected chi connectivity index (χ2v) is 5.71. The van der Waals surface area contributed by atoms with Gasteiger partial charge >= 0.3 is 0 Å². The highest BCUT2D eigenvalue weighted by Crippen LogP contribution is 2.31. The number of nitrogens with one attached hydrogen (secondary N) is 1. The van der Waals surface area contributed by atoms with Crippen LogP contribution < -0.4 is 5.43 Å². The third kappa shape index (κ3) is 2.44. The normalized spacial score (nSPS) is 25.3. The number of aryl methyl sites for hydroxylation is 2. The highest BCUT2D eigenvalue weighted by molar-refractivity contribution is 5.37. The van der Waals surface area contributed by atoms with Crippen LogP contribution in [0.3, 0.4) is 0 Å². The molecule has 0 amide bonds. The average molecular weight is 245 g/mol. The predicted octanol–water partition coefficient (Wildman–Crippen LogP) is 1.73. The van der Waals surface area contributed by atoms with Crippen molar-refractivity contribution in [2.45, 2.75) is 25.8 Å². The predicted molar refractivity (Wildman–Crippen MR) is 74.4 cm³/mol. The van der Waals surface area contributed by atoms with Crippen molar-refractivity contribution in [1.29, 1.82) is 0 Å². The van der Waals surface area contributed by atoms with Gasteiger partial charge in [0.2, 0.25) is 0 Å². The molecule has 1 fully saturated rings. The molecular weight excluding hydrogens is 222 g/mol. The maximum Gasteiger partial charge on any atom is 0.0470 e. The highest BCUT2D eigenvalue weighted by Gasteiger charge is 2.25. The van der Waals surface area contributed by atoms with E-state index in [2.05, 4.69) is 47.5 Å². The molecule has 0 aromatic heterocycles.